The van der Waals surface area contributed by atoms with Crippen LogP contribution in [0.3, 0.4) is 0 Å². The number of methoxy groups -OCH3 is 2. The number of hydrogen-bond donors (Lipinski definition) is 0. The largest absolute Gasteiger partial charge is 0.493 e. The van der Waals surface area contributed by atoms with Crippen LogP contribution in [0.25, 0.3) is 32.8 Å². The van der Waals surface area contributed by atoms with Crippen molar-refractivity contribution in [1.82, 2.24) is 24.1 Å². The lowest BCUT2D eigenvalue weighted by atomic mass is 9.92. The van der Waals surface area contributed by atoms with E-state index in [4.69, 9.17) is 29.1 Å². The molecule has 1 aliphatic heterocycles. The van der Waals surface area contributed by atoms with Crippen LogP contribution in [0.4, 0.5) is 4.39 Å². The van der Waals surface area contributed by atoms with Crippen molar-refractivity contribution in [3.63, 3.8) is 0 Å². The van der Waals surface area contributed by atoms with Crippen molar-refractivity contribution in [1.29, 1.82) is 0 Å². The molecular formula is C40H44FN5O5. The second-order valence-corrected chi connectivity index (χ2v) is 13.4. The predicted molar refractivity (Wildman–Crippen MR) is 194 cm³/mol. The van der Waals surface area contributed by atoms with Gasteiger partial charge >= 0.3 is 5.97 Å². The molecule has 1 unspecified atom stereocenters. The van der Waals surface area contributed by atoms with Crippen molar-refractivity contribution in [2.24, 2.45) is 14.1 Å². The van der Waals surface area contributed by atoms with Gasteiger partial charge in [-0.1, -0.05) is 12.1 Å². The fraction of sp³-hybridized carbons (Fsp3) is 0.375. The third kappa shape index (κ3) is 6.29. The quantitative estimate of drug-likeness (QED) is 0.180. The van der Waals surface area contributed by atoms with Crippen LogP contribution in [0.15, 0.2) is 48.5 Å². The van der Waals surface area contributed by atoms with E-state index < -0.39 is 12.1 Å². The summed E-state index contributed by atoms with van der Waals surface area (Å²) in [5.74, 6) is 0.0104. The summed E-state index contributed by atoms with van der Waals surface area (Å²) in [4.78, 5) is 13.4. The standard InChI is InChI=1S/C40H44FN5O5/c1-23-9-14-32-36-24(2)39(40(47)49-7)46(32)15-8-16-50-33-18-26(17-27-19-28(41)11-13-31(27)33)10-12-30-20-29(42-45(30)5)21-51-34(22-48-6)38-37(35(23)36)25(3)44(4)43-38/h9,11,13-14,17-20,34H,8,10,12,15-16,21-22H2,1-7H3. The van der Waals surface area contributed by atoms with Gasteiger partial charge in [0, 0.05) is 61.0 Å². The SMILES string of the molecule is COCC1OCc2cc(n(C)n2)CCc2cc(c3ccc(F)cc3c2)OCCCn2c(C(=O)OC)c(C)c3c(c(C)ccc32)-c2c1nn(C)c2C. The average Bonchev–Trinajstić information content (AvgIpc) is 3.72. The zero-order valence-electron chi connectivity index (χ0n) is 30.3. The summed E-state index contributed by atoms with van der Waals surface area (Å²) in [5, 5.41) is 12.4. The normalized spacial score (nSPS) is 15.5. The lowest BCUT2D eigenvalue weighted by Crippen LogP contribution is -2.13. The maximum Gasteiger partial charge on any atom is 0.354 e. The molecule has 3 aromatic heterocycles. The van der Waals surface area contributed by atoms with Gasteiger partial charge in [0.05, 0.1) is 32.6 Å². The molecule has 10 nitrogen and oxygen atoms in total. The molecule has 0 N–H and O–H groups in total. The minimum absolute atomic E-state index is 0.259. The third-order valence-corrected chi connectivity index (χ3v) is 10.1. The first-order valence-corrected chi connectivity index (χ1v) is 17.3. The number of nitrogens with zero attached hydrogens (tertiary/aromatic N) is 5. The Morgan fingerprint density at radius 2 is 1.80 bits per heavy atom. The molecule has 8 bridgehead atoms. The topological polar surface area (TPSA) is 94.6 Å². The number of hydrogen-bond acceptors (Lipinski definition) is 7. The number of carbonyl (C=O) groups excluding carboxylic acids is 1. The Kier molecular flexibility index (Phi) is 9.43. The van der Waals surface area contributed by atoms with Crippen LogP contribution >= 0.6 is 0 Å². The summed E-state index contributed by atoms with van der Waals surface area (Å²) < 4.78 is 44.3. The van der Waals surface area contributed by atoms with Crippen LogP contribution in [0, 0.1) is 26.6 Å². The summed E-state index contributed by atoms with van der Waals surface area (Å²) in [6.07, 6.45) is 1.56. The van der Waals surface area contributed by atoms with Crippen molar-refractivity contribution >= 4 is 27.6 Å². The fourth-order valence-corrected chi connectivity index (χ4v) is 7.55. The van der Waals surface area contributed by atoms with Crippen molar-refractivity contribution in [2.45, 2.75) is 59.3 Å². The maximum atomic E-state index is 14.4. The highest BCUT2D eigenvalue weighted by Crippen LogP contribution is 2.42. The van der Waals surface area contributed by atoms with Crippen LogP contribution in [-0.2, 0) is 54.3 Å². The number of aromatic nitrogens is 5. The first-order chi connectivity index (χ1) is 24.6. The first-order valence-electron chi connectivity index (χ1n) is 17.3. The maximum absolute atomic E-state index is 14.4. The monoisotopic (exact) mass is 693 g/mol. The van der Waals surface area contributed by atoms with E-state index in [9.17, 15) is 9.18 Å². The van der Waals surface area contributed by atoms with Crippen molar-refractivity contribution in [3.05, 3.63) is 99.5 Å². The van der Waals surface area contributed by atoms with Gasteiger partial charge < -0.3 is 23.5 Å². The smallest absolute Gasteiger partial charge is 0.354 e. The molecule has 1 aliphatic rings. The number of rotatable bonds is 3. The lowest BCUT2D eigenvalue weighted by molar-refractivity contribution is -0.0164. The molecule has 0 spiro atoms. The van der Waals surface area contributed by atoms with E-state index in [0.717, 1.165) is 78.7 Å². The molecular weight excluding hydrogens is 649 g/mol. The number of fused-ring (bicyclic) bond motifs is 8. The van der Waals surface area contributed by atoms with E-state index in [0.29, 0.717) is 37.4 Å². The van der Waals surface area contributed by atoms with Crippen molar-refractivity contribution in [2.75, 3.05) is 27.4 Å². The summed E-state index contributed by atoms with van der Waals surface area (Å²) in [6.45, 7) is 7.57. The minimum atomic E-state index is -0.491. The Morgan fingerprint density at radius 3 is 2.59 bits per heavy atom. The average molecular weight is 694 g/mol. The Balaban J connectivity index is 1.40. The molecule has 51 heavy (non-hydrogen) atoms. The van der Waals surface area contributed by atoms with E-state index >= 15 is 0 Å². The van der Waals surface area contributed by atoms with E-state index in [2.05, 4.69) is 38.1 Å². The van der Waals surface area contributed by atoms with Gasteiger partial charge in [-0.2, -0.15) is 10.2 Å². The van der Waals surface area contributed by atoms with Crippen LogP contribution in [0.2, 0.25) is 0 Å². The van der Waals surface area contributed by atoms with Crippen LogP contribution in [0.5, 0.6) is 5.75 Å². The van der Waals surface area contributed by atoms with Crippen molar-refractivity contribution in [3.8, 4) is 16.9 Å². The Labute approximate surface area is 296 Å². The molecule has 0 aliphatic carbocycles. The van der Waals surface area contributed by atoms with Gasteiger partial charge in [-0.15, -0.1) is 0 Å². The van der Waals surface area contributed by atoms with E-state index in [1.165, 1.54) is 13.2 Å². The van der Waals surface area contributed by atoms with Gasteiger partial charge in [-0.3, -0.25) is 9.36 Å². The summed E-state index contributed by atoms with van der Waals surface area (Å²) in [6, 6.07) is 15.1. The van der Waals surface area contributed by atoms with Gasteiger partial charge in [0.25, 0.3) is 0 Å². The van der Waals surface area contributed by atoms with E-state index in [1.54, 1.807) is 19.2 Å². The number of ether oxygens (including phenoxy) is 4. The molecule has 4 heterocycles. The Morgan fingerprint density at radius 1 is 0.980 bits per heavy atom. The Bertz CT molecular complexity index is 2280. The molecule has 0 saturated heterocycles. The second-order valence-electron chi connectivity index (χ2n) is 13.4. The molecule has 0 fully saturated rings. The van der Waals surface area contributed by atoms with Gasteiger partial charge in [0.15, 0.2) is 0 Å². The number of benzene rings is 3. The number of aryl methyl sites for hydroxylation is 7. The molecule has 0 radical (unpaired) electrons. The summed E-state index contributed by atoms with van der Waals surface area (Å²) in [7, 11) is 6.95. The van der Waals surface area contributed by atoms with E-state index in [-0.39, 0.29) is 19.0 Å². The number of halogens is 1. The highest BCUT2D eigenvalue weighted by atomic mass is 19.1. The highest BCUT2D eigenvalue weighted by molar-refractivity contribution is 6.06. The van der Waals surface area contributed by atoms with Gasteiger partial charge in [0.2, 0.25) is 0 Å². The molecule has 7 rings (SSSR count). The molecule has 266 valence electrons. The molecule has 0 amide bonds. The molecule has 3 aromatic carbocycles. The van der Waals surface area contributed by atoms with Crippen LogP contribution < -0.4 is 4.74 Å². The minimum Gasteiger partial charge on any atom is -0.493 e. The predicted octanol–water partition coefficient (Wildman–Crippen LogP) is 7.25. The summed E-state index contributed by atoms with van der Waals surface area (Å²) in [5.41, 5.74) is 9.88. The third-order valence-electron chi connectivity index (χ3n) is 10.1. The summed E-state index contributed by atoms with van der Waals surface area (Å²) >= 11 is 0. The zero-order chi connectivity index (χ0) is 36.0. The molecule has 6 aromatic rings. The molecule has 11 heteroatoms. The van der Waals surface area contributed by atoms with E-state index in [1.807, 2.05) is 41.0 Å². The van der Waals surface area contributed by atoms with Crippen LogP contribution in [0.1, 0.15) is 62.5 Å². The van der Waals surface area contributed by atoms with Crippen molar-refractivity contribution < 1.29 is 28.1 Å². The second kappa shape index (κ2) is 14.0. The molecule has 0 saturated carbocycles. The lowest BCUT2D eigenvalue weighted by Gasteiger charge is -2.18. The van der Waals surface area contributed by atoms with Gasteiger partial charge in [-0.25, -0.2) is 9.18 Å². The first kappa shape index (κ1) is 34.4. The fourth-order valence-electron chi connectivity index (χ4n) is 7.55. The van der Waals surface area contributed by atoms with Gasteiger partial charge in [-0.05, 0) is 104 Å². The number of carbonyl (C=O) groups is 1. The highest BCUT2D eigenvalue weighted by Gasteiger charge is 2.30. The zero-order valence-corrected chi connectivity index (χ0v) is 30.3. The van der Waals surface area contributed by atoms with Crippen LogP contribution in [-0.4, -0.2) is 57.5 Å². The van der Waals surface area contributed by atoms with Gasteiger partial charge in [0.1, 0.15) is 29.1 Å². The molecule has 1 atom stereocenters. The Hall–Kier alpha value is -5.00. The number of esters is 1.